The summed E-state index contributed by atoms with van der Waals surface area (Å²) >= 11 is 0. The van der Waals surface area contributed by atoms with Crippen molar-refractivity contribution in [1.29, 1.82) is 0 Å². The Labute approximate surface area is 76.5 Å². The molecule has 1 aromatic carbocycles. The van der Waals surface area contributed by atoms with Gasteiger partial charge in [0.15, 0.2) is 0 Å². The third-order valence-corrected chi connectivity index (χ3v) is 1.06. The van der Waals surface area contributed by atoms with Crippen LogP contribution in [0.3, 0.4) is 0 Å². The van der Waals surface area contributed by atoms with Crippen LogP contribution in [-0.4, -0.2) is 10.1 Å². The molecule has 0 aliphatic heterocycles. The monoisotopic (exact) mass is 202 g/mol. The molecule has 0 fully saturated rings. The molecule has 4 nitrogen and oxygen atoms in total. The van der Waals surface area contributed by atoms with Gasteiger partial charge in [-0.05, 0) is 4.86 Å². The van der Waals surface area contributed by atoms with E-state index >= 15 is 0 Å². The van der Waals surface area contributed by atoms with Gasteiger partial charge in [0, 0.05) is 12.1 Å². The molecule has 1 rings (SSSR count). The first-order chi connectivity index (χ1) is 4.84. The van der Waals surface area contributed by atoms with Crippen molar-refractivity contribution in [1.82, 2.24) is 0 Å². The minimum absolute atomic E-state index is 0. The van der Waals surface area contributed by atoms with Crippen molar-refractivity contribution < 1.29 is 29.5 Å². The first-order valence-corrected chi connectivity index (χ1v) is 2.72. The van der Waals surface area contributed by atoms with Crippen LogP contribution in [0.2, 0.25) is 0 Å². The molecule has 0 aliphatic rings. The molecule has 0 saturated heterocycles. The van der Waals surface area contributed by atoms with Gasteiger partial charge in [-0.1, -0.05) is 18.2 Å². The second-order valence-electron chi connectivity index (χ2n) is 1.70. The van der Waals surface area contributed by atoms with E-state index in [4.69, 9.17) is 5.21 Å². The van der Waals surface area contributed by atoms with Gasteiger partial charge in [-0.3, -0.25) is 0 Å². The van der Waals surface area contributed by atoms with Gasteiger partial charge < -0.3 is 10.4 Å². The summed E-state index contributed by atoms with van der Waals surface area (Å²) in [6.07, 6.45) is 0. The molecule has 1 N–H and O–H groups in total. The summed E-state index contributed by atoms with van der Waals surface area (Å²) in [7, 11) is 0. The Balaban J connectivity index is 0.000001000. The van der Waals surface area contributed by atoms with Crippen LogP contribution in [0.1, 0.15) is 0 Å². The van der Waals surface area contributed by atoms with Crippen LogP contribution >= 0.6 is 0 Å². The van der Waals surface area contributed by atoms with Gasteiger partial charge in [-0.2, -0.15) is 0 Å². The molecule has 0 saturated carbocycles. The summed E-state index contributed by atoms with van der Waals surface area (Å²) < 4.78 is 0. The maximum atomic E-state index is 10.5. The van der Waals surface area contributed by atoms with Gasteiger partial charge in [0.2, 0.25) is 11.0 Å². The average molecular weight is 204 g/mol. The molecule has 0 bridgehead atoms. The SMILES string of the molecule is [O-]/[N+](=N/O)c1ccccc1.[Zn+2]. The van der Waals surface area contributed by atoms with Gasteiger partial charge >= 0.3 is 19.5 Å². The van der Waals surface area contributed by atoms with Crippen LogP contribution < -0.4 is 0 Å². The number of benzene rings is 1. The van der Waals surface area contributed by atoms with E-state index in [1.807, 2.05) is 0 Å². The van der Waals surface area contributed by atoms with Crippen LogP contribution in [-0.2, 0) is 19.5 Å². The normalized spacial score (nSPS) is 10.4. The van der Waals surface area contributed by atoms with Crippen LogP contribution in [0.15, 0.2) is 35.6 Å². The quantitative estimate of drug-likeness (QED) is 0.327. The minimum Gasteiger partial charge on any atom is -0.592 e. The Morgan fingerprint density at radius 2 is 1.82 bits per heavy atom. The van der Waals surface area contributed by atoms with E-state index in [2.05, 4.69) is 5.28 Å². The summed E-state index contributed by atoms with van der Waals surface area (Å²) in [5.41, 5.74) is 0.310. The number of nitrogens with zero attached hydrogens (tertiary/aromatic N) is 2. The minimum atomic E-state index is 0. The van der Waals surface area contributed by atoms with Crippen molar-refractivity contribution in [2.24, 2.45) is 5.28 Å². The Bertz CT molecular complexity index is 238. The predicted molar refractivity (Wildman–Crippen MR) is 33.9 cm³/mol. The van der Waals surface area contributed by atoms with E-state index < -0.39 is 0 Å². The van der Waals surface area contributed by atoms with Crippen LogP contribution in [0.5, 0.6) is 0 Å². The molecule has 0 unspecified atom stereocenters. The van der Waals surface area contributed by atoms with Gasteiger partial charge in [0.1, 0.15) is 0 Å². The van der Waals surface area contributed by atoms with E-state index in [1.54, 1.807) is 30.3 Å². The van der Waals surface area contributed by atoms with Crippen molar-refractivity contribution in [3.63, 3.8) is 0 Å². The zero-order valence-corrected chi connectivity index (χ0v) is 8.81. The maximum Gasteiger partial charge on any atom is 2.00 e. The summed E-state index contributed by atoms with van der Waals surface area (Å²) in [6.45, 7) is 0. The van der Waals surface area contributed by atoms with E-state index in [-0.39, 0.29) is 24.3 Å². The molecule has 0 amide bonds. The fourth-order valence-electron chi connectivity index (χ4n) is 0.607. The van der Waals surface area contributed by atoms with E-state index in [1.165, 1.54) is 0 Å². The van der Waals surface area contributed by atoms with Crippen LogP contribution in [0.25, 0.3) is 0 Å². The molecule has 5 heteroatoms. The Hall–Kier alpha value is -0.957. The molecular weight excluding hydrogens is 197 g/mol. The third kappa shape index (κ3) is 2.64. The third-order valence-electron chi connectivity index (χ3n) is 1.06. The molecule has 11 heavy (non-hydrogen) atoms. The standard InChI is InChI=1S/C6H6N2O2.Zn/c9-7-8(10)6-4-2-1-3-5-6;/h1-5,9H;/q;+2/b8-7+;. The molecule has 0 atom stereocenters. The van der Waals surface area contributed by atoms with Crippen molar-refractivity contribution in [2.75, 3.05) is 0 Å². The Kier molecular flexibility index (Phi) is 4.38. The first-order valence-electron chi connectivity index (χ1n) is 2.72. The maximum absolute atomic E-state index is 10.5. The summed E-state index contributed by atoms with van der Waals surface area (Å²) in [5.74, 6) is 0. The van der Waals surface area contributed by atoms with E-state index in [0.29, 0.717) is 5.69 Å². The van der Waals surface area contributed by atoms with Crippen molar-refractivity contribution in [3.8, 4) is 0 Å². The Morgan fingerprint density at radius 1 is 1.27 bits per heavy atom. The smallest absolute Gasteiger partial charge is 0.592 e. The molecular formula is C6H6N2O2Zn+2. The van der Waals surface area contributed by atoms with E-state index in [0.717, 1.165) is 0 Å². The fourth-order valence-corrected chi connectivity index (χ4v) is 0.607. The number of para-hydroxylation sites is 1. The molecule has 0 aromatic heterocycles. The summed E-state index contributed by atoms with van der Waals surface area (Å²) in [4.78, 5) is 0.139. The molecule has 52 valence electrons. The number of hydrogen-bond acceptors (Lipinski definition) is 2. The van der Waals surface area contributed by atoms with Gasteiger partial charge in [0.05, 0.1) is 0 Å². The summed E-state index contributed by atoms with van der Waals surface area (Å²) in [5, 5.41) is 21.0. The Morgan fingerprint density at radius 3 is 2.27 bits per heavy atom. The van der Waals surface area contributed by atoms with Gasteiger partial charge in [-0.25, -0.2) is 0 Å². The van der Waals surface area contributed by atoms with Crippen LogP contribution in [0.4, 0.5) is 5.69 Å². The van der Waals surface area contributed by atoms with Crippen molar-refractivity contribution in [2.45, 2.75) is 0 Å². The number of hydrogen-bond donors (Lipinski definition) is 1. The number of rotatable bonds is 1. The van der Waals surface area contributed by atoms with Gasteiger partial charge in [-0.15, -0.1) is 0 Å². The van der Waals surface area contributed by atoms with Crippen molar-refractivity contribution in [3.05, 3.63) is 35.5 Å². The largest absolute Gasteiger partial charge is 2.00 e. The fraction of sp³-hybridized carbons (Fsp3) is 0. The van der Waals surface area contributed by atoms with Crippen molar-refractivity contribution >= 4 is 5.69 Å². The molecule has 0 aliphatic carbocycles. The zero-order chi connectivity index (χ0) is 7.40. The zero-order valence-electron chi connectivity index (χ0n) is 5.84. The molecule has 0 radical (unpaired) electrons. The average Bonchev–Trinajstić information content (AvgIpc) is 2.05. The topological polar surface area (TPSA) is 58.7 Å². The summed E-state index contributed by atoms with van der Waals surface area (Å²) in [6, 6.07) is 8.24. The molecule has 1 aromatic rings. The predicted octanol–water partition coefficient (Wildman–Crippen LogP) is 1.67. The molecule has 0 spiro atoms. The second-order valence-corrected chi connectivity index (χ2v) is 1.70. The van der Waals surface area contributed by atoms with Gasteiger partial charge in [0.25, 0.3) is 0 Å². The van der Waals surface area contributed by atoms with E-state index in [9.17, 15) is 5.21 Å². The molecule has 0 heterocycles. The van der Waals surface area contributed by atoms with Crippen LogP contribution in [0, 0.1) is 5.21 Å². The second kappa shape index (κ2) is 4.80. The first kappa shape index (κ1) is 10.0.